The van der Waals surface area contributed by atoms with Crippen LogP contribution in [-0.4, -0.2) is 35.1 Å². The Balaban J connectivity index is 1.29. The van der Waals surface area contributed by atoms with Gasteiger partial charge in [-0.05, 0) is 42.5 Å². The molecule has 32 heavy (non-hydrogen) atoms. The molecule has 0 saturated carbocycles. The normalized spacial score (nSPS) is 19.6. The van der Waals surface area contributed by atoms with Crippen LogP contribution in [0.25, 0.3) is 11.0 Å². The number of ether oxygens (including phenoxy) is 1. The summed E-state index contributed by atoms with van der Waals surface area (Å²) in [4.78, 5) is 38.8. The van der Waals surface area contributed by atoms with E-state index in [1.807, 2.05) is 27.7 Å². The molecule has 2 bridgehead atoms. The van der Waals surface area contributed by atoms with Crippen LogP contribution >= 0.6 is 0 Å². The van der Waals surface area contributed by atoms with E-state index in [0.717, 1.165) is 35.9 Å². The zero-order valence-corrected chi connectivity index (χ0v) is 18.1. The summed E-state index contributed by atoms with van der Waals surface area (Å²) in [6.07, 6.45) is 2.73. The molecule has 2 aromatic heterocycles. The van der Waals surface area contributed by atoms with Crippen LogP contribution in [0.1, 0.15) is 36.9 Å². The Labute approximate surface area is 185 Å². The van der Waals surface area contributed by atoms with Crippen molar-refractivity contribution < 1.29 is 13.9 Å². The van der Waals surface area contributed by atoms with E-state index in [4.69, 9.17) is 9.15 Å². The summed E-state index contributed by atoms with van der Waals surface area (Å²) in [5.74, 6) is 0.869. The Hall–Kier alpha value is -3.35. The average molecular weight is 434 g/mol. The highest BCUT2D eigenvalue weighted by Crippen LogP contribution is 2.35. The number of nitrogens with zero attached hydrogens (tertiary/aromatic N) is 2. The van der Waals surface area contributed by atoms with E-state index in [1.165, 1.54) is 6.07 Å². The number of piperidine rings is 1. The van der Waals surface area contributed by atoms with Crippen molar-refractivity contribution >= 4 is 16.9 Å². The van der Waals surface area contributed by atoms with Gasteiger partial charge in [-0.3, -0.25) is 9.59 Å². The fourth-order valence-electron chi connectivity index (χ4n) is 5.11. The average Bonchev–Trinajstić information content (AvgIpc) is 2.78. The number of hydrogen-bond acceptors (Lipinski definition) is 5. The lowest BCUT2D eigenvalue weighted by atomic mass is 9.83. The van der Waals surface area contributed by atoms with Crippen molar-refractivity contribution in [2.24, 2.45) is 5.92 Å². The molecule has 7 nitrogen and oxygen atoms in total. The van der Waals surface area contributed by atoms with Gasteiger partial charge in [-0.15, -0.1) is 0 Å². The number of hydrogen-bond donors (Lipinski definition) is 0. The van der Waals surface area contributed by atoms with Crippen LogP contribution in [0.2, 0.25) is 0 Å². The third-order valence-corrected chi connectivity index (χ3v) is 6.52. The number of carbonyl (C=O) groups is 1. The summed E-state index contributed by atoms with van der Waals surface area (Å²) in [5, 5.41) is 0.892. The minimum Gasteiger partial charge on any atom is -0.484 e. The predicted octanol–water partition coefficient (Wildman–Crippen LogP) is 2.93. The van der Waals surface area contributed by atoms with Crippen molar-refractivity contribution in [2.45, 2.75) is 38.6 Å². The van der Waals surface area contributed by atoms with E-state index in [1.54, 1.807) is 18.2 Å². The molecule has 2 aliphatic heterocycles. The van der Waals surface area contributed by atoms with Crippen molar-refractivity contribution in [3.63, 3.8) is 0 Å². The fraction of sp³-hybridized carbons (Fsp3) is 0.400. The number of amides is 1. The van der Waals surface area contributed by atoms with E-state index in [0.29, 0.717) is 31.0 Å². The molecule has 7 heteroatoms. The zero-order chi connectivity index (χ0) is 22.2. The highest BCUT2D eigenvalue weighted by atomic mass is 16.5. The Morgan fingerprint density at radius 3 is 2.84 bits per heavy atom. The summed E-state index contributed by atoms with van der Waals surface area (Å²) in [7, 11) is 0. The molecule has 2 aliphatic rings. The molecule has 1 fully saturated rings. The molecular weight excluding hydrogens is 408 g/mol. The van der Waals surface area contributed by atoms with Gasteiger partial charge in [-0.25, -0.2) is 4.79 Å². The van der Waals surface area contributed by atoms with Crippen molar-refractivity contribution in [2.75, 3.05) is 19.7 Å². The first-order valence-electron chi connectivity index (χ1n) is 11.2. The summed E-state index contributed by atoms with van der Waals surface area (Å²) in [5.41, 5.74) is 2.10. The highest BCUT2D eigenvalue weighted by Gasteiger charge is 2.36. The molecule has 0 aliphatic carbocycles. The van der Waals surface area contributed by atoms with Crippen LogP contribution < -0.4 is 15.9 Å². The van der Waals surface area contributed by atoms with E-state index in [9.17, 15) is 14.4 Å². The number of pyridine rings is 1. The first-order chi connectivity index (χ1) is 15.5. The maximum Gasteiger partial charge on any atom is 0.336 e. The molecule has 166 valence electrons. The SMILES string of the molecule is CCCc1cc(=O)oc2cc(OCC(=O)N3C[C@H]4C[C@@H](C3)c3cccc(=O)n3C4)ccc12. The summed E-state index contributed by atoms with van der Waals surface area (Å²) in [6.45, 7) is 3.86. The Bertz CT molecular complexity index is 1290. The molecule has 0 N–H and O–H groups in total. The van der Waals surface area contributed by atoms with Crippen LogP contribution in [0.3, 0.4) is 0 Å². The van der Waals surface area contributed by atoms with Gasteiger partial charge in [-0.2, -0.15) is 0 Å². The number of rotatable bonds is 5. The molecular formula is C25H26N2O5. The van der Waals surface area contributed by atoms with Crippen LogP contribution in [0, 0.1) is 5.92 Å². The molecule has 0 spiro atoms. The van der Waals surface area contributed by atoms with Gasteiger partial charge in [-0.1, -0.05) is 19.4 Å². The molecule has 4 heterocycles. The third kappa shape index (κ3) is 3.83. The Kier molecular flexibility index (Phi) is 5.33. The Morgan fingerprint density at radius 1 is 1.12 bits per heavy atom. The second-order valence-corrected chi connectivity index (χ2v) is 8.78. The summed E-state index contributed by atoms with van der Waals surface area (Å²) >= 11 is 0. The minimum absolute atomic E-state index is 0.0327. The monoisotopic (exact) mass is 434 g/mol. The standard InChI is InChI=1S/C25H26N2O5/c1-2-4-17-10-25(30)32-22-11-19(7-8-20(17)22)31-15-24(29)26-12-16-9-18(14-26)21-5-3-6-23(28)27(21)13-16/h3,5-8,10-11,16,18H,2,4,9,12-15H2,1H3/t16-,18+/m1/s1. The number of benzene rings is 1. The molecule has 2 atom stereocenters. The van der Waals surface area contributed by atoms with Crippen molar-refractivity contribution in [1.29, 1.82) is 0 Å². The summed E-state index contributed by atoms with van der Waals surface area (Å²) < 4.78 is 13.0. The smallest absolute Gasteiger partial charge is 0.336 e. The van der Waals surface area contributed by atoms with E-state index in [-0.39, 0.29) is 35.5 Å². The van der Waals surface area contributed by atoms with Gasteiger partial charge in [0.1, 0.15) is 11.3 Å². The van der Waals surface area contributed by atoms with E-state index >= 15 is 0 Å². The maximum absolute atomic E-state index is 12.9. The topological polar surface area (TPSA) is 81.8 Å². The number of aryl methyl sites for hydroxylation is 1. The van der Waals surface area contributed by atoms with Crippen LogP contribution in [0.5, 0.6) is 5.75 Å². The lowest BCUT2D eigenvalue weighted by Crippen LogP contribution is -2.50. The van der Waals surface area contributed by atoms with Crippen molar-refractivity contribution in [3.05, 3.63) is 74.5 Å². The molecule has 3 aromatic rings. The third-order valence-electron chi connectivity index (χ3n) is 6.52. The quantitative estimate of drug-likeness (QED) is 0.577. The molecule has 5 rings (SSSR count). The molecule has 0 radical (unpaired) electrons. The van der Waals surface area contributed by atoms with Crippen molar-refractivity contribution in [3.8, 4) is 5.75 Å². The van der Waals surface area contributed by atoms with Gasteiger partial charge in [0, 0.05) is 54.8 Å². The van der Waals surface area contributed by atoms with Gasteiger partial charge < -0.3 is 18.6 Å². The maximum atomic E-state index is 12.9. The lowest BCUT2D eigenvalue weighted by molar-refractivity contribution is -0.136. The minimum atomic E-state index is -0.381. The second kappa shape index (κ2) is 8.30. The van der Waals surface area contributed by atoms with Gasteiger partial charge >= 0.3 is 5.63 Å². The van der Waals surface area contributed by atoms with E-state index < -0.39 is 0 Å². The number of fused-ring (bicyclic) bond motifs is 5. The lowest BCUT2D eigenvalue weighted by Gasteiger charge is -2.42. The van der Waals surface area contributed by atoms with Crippen molar-refractivity contribution in [1.82, 2.24) is 9.47 Å². The summed E-state index contributed by atoms with van der Waals surface area (Å²) in [6, 6.07) is 12.3. The number of likely N-dealkylation sites (tertiary alicyclic amines) is 1. The number of aromatic nitrogens is 1. The Morgan fingerprint density at radius 2 is 2.00 bits per heavy atom. The first-order valence-corrected chi connectivity index (χ1v) is 11.2. The van der Waals surface area contributed by atoms with Crippen LogP contribution in [0.4, 0.5) is 0 Å². The zero-order valence-electron chi connectivity index (χ0n) is 18.1. The first kappa shape index (κ1) is 20.5. The van der Waals surface area contributed by atoms with Gasteiger partial charge in [0.25, 0.3) is 11.5 Å². The molecule has 0 unspecified atom stereocenters. The largest absolute Gasteiger partial charge is 0.484 e. The van der Waals surface area contributed by atoms with Gasteiger partial charge in [0.15, 0.2) is 6.61 Å². The van der Waals surface area contributed by atoms with Crippen LogP contribution in [-0.2, 0) is 17.8 Å². The molecule has 1 amide bonds. The second-order valence-electron chi connectivity index (χ2n) is 8.78. The molecule has 1 saturated heterocycles. The van der Waals surface area contributed by atoms with E-state index in [2.05, 4.69) is 6.92 Å². The van der Waals surface area contributed by atoms with Crippen LogP contribution in [0.15, 0.2) is 56.5 Å². The van der Waals surface area contributed by atoms with Gasteiger partial charge in [0.05, 0.1) is 0 Å². The number of carbonyl (C=O) groups excluding carboxylic acids is 1. The predicted molar refractivity (Wildman–Crippen MR) is 120 cm³/mol. The molecule has 1 aromatic carbocycles. The van der Waals surface area contributed by atoms with Gasteiger partial charge in [0.2, 0.25) is 0 Å². The fourth-order valence-corrected chi connectivity index (χ4v) is 5.11. The highest BCUT2D eigenvalue weighted by molar-refractivity contribution is 5.82.